The molecule has 0 aliphatic carbocycles. The third-order valence-electron chi connectivity index (χ3n) is 3.46. The maximum absolute atomic E-state index is 4.41. The van der Waals surface area contributed by atoms with E-state index in [1.54, 1.807) is 6.33 Å². The first kappa shape index (κ1) is 11.6. The van der Waals surface area contributed by atoms with E-state index in [2.05, 4.69) is 52.4 Å². The topological polar surface area (TPSA) is 30.3 Å². The number of benzene rings is 2. The van der Waals surface area contributed by atoms with Gasteiger partial charge in [-0.25, -0.2) is 4.98 Å². The minimum atomic E-state index is 0. The van der Waals surface area contributed by atoms with Crippen LogP contribution in [0.3, 0.4) is 0 Å². The molecule has 4 heteroatoms. The Balaban J connectivity index is 0.000001000. The highest BCUT2D eigenvalue weighted by Gasteiger charge is 2.16. The molecule has 0 saturated heterocycles. The zero-order valence-corrected chi connectivity index (χ0v) is 12.1. The maximum atomic E-state index is 4.41. The number of rotatable bonds is 0. The van der Waals surface area contributed by atoms with Crippen molar-refractivity contribution in [3.8, 4) is 0 Å². The fourth-order valence-corrected chi connectivity index (χ4v) is 2.77. The number of H-pyrrole nitrogens is 1. The van der Waals surface area contributed by atoms with E-state index in [0.717, 1.165) is 17.6 Å². The van der Waals surface area contributed by atoms with Crippen LogP contribution >= 0.6 is 0 Å². The van der Waals surface area contributed by atoms with Gasteiger partial charge in [0, 0.05) is 25.2 Å². The van der Waals surface area contributed by atoms with Crippen molar-refractivity contribution in [3.05, 3.63) is 41.4 Å². The molecule has 1 aliphatic heterocycles. The Morgan fingerprint density at radius 1 is 1.17 bits per heavy atom. The average molecular weight is 349 g/mol. The van der Waals surface area contributed by atoms with E-state index >= 15 is 0 Å². The molecule has 18 heavy (non-hydrogen) atoms. The van der Waals surface area contributed by atoms with Gasteiger partial charge < -0.3 is 28.9 Å². The first-order chi connectivity index (χ1) is 8.33. The predicted molar refractivity (Wildman–Crippen MR) is 67.0 cm³/mol. The summed E-state index contributed by atoms with van der Waals surface area (Å²) in [5.74, 6) is 0. The molecule has 0 radical (unpaired) electrons. The Morgan fingerprint density at radius 3 is 2.94 bits per heavy atom. The van der Waals surface area contributed by atoms with Gasteiger partial charge in [-0.15, -0.1) is 0 Å². The first-order valence-corrected chi connectivity index (χ1v) is 5.76. The van der Waals surface area contributed by atoms with Crippen LogP contribution in [-0.4, -0.2) is 16.9 Å². The highest BCUT2D eigenvalue weighted by Crippen LogP contribution is 2.25. The lowest BCUT2D eigenvalue weighted by Gasteiger charge is -2.20. The predicted octanol–water partition coefficient (Wildman–Crippen LogP) is -1.89. The van der Waals surface area contributed by atoms with Gasteiger partial charge in [0.05, 0.1) is 5.39 Å². The van der Waals surface area contributed by atoms with E-state index in [9.17, 15) is 0 Å². The van der Waals surface area contributed by atoms with Gasteiger partial charge in [0.25, 0.3) is 6.33 Å². The van der Waals surface area contributed by atoms with E-state index in [4.69, 9.17) is 0 Å². The molecule has 0 amide bonds. The summed E-state index contributed by atoms with van der Waals surface area (Å²) in [7, 11) is 2.11. The maximum Gasteiger partial charge on any atom is 0.285 e. The molecule has 4 rings (SSSR count). The number of aromatic amines is 1. The zero-order valence-electron chi connectivity index (χ0n) is 9.94. The second-order valence-corrected chi connectivity index (χ2v) is 4.64. The smallest absolute Gasteiger partial charge is 0.285 e. The van der Waals surface area contributed by atoms with Crippen LogP contribution in [0, 0.1) is 0 Å². The van der Waals surface area contributed by atoms with Crippen molar-refractivity contribution in [2.45, 2.75) is 6.54 Å². The van der Waals surface area contributed by atoms with E-state index in [1.165, 1.54) is 21.6 Å². The second-order valence-electron chi connectivity index (χ2n) is 4.64. The third-order valence-corrected chi connectivity index (χ3v) is 3.46. The fourth-order valence-electron chi connectivity index (χ4n) is 2.77. The fraction of sp³-hybridized carbons (Fsp3) is 0.143. The molecular formula is C14H12IN3. The molecule has 3 nitrogen and oxygen atoms in total. The van der Waals surface area contributed by atoms with Crippen LogP contribution in [-0.2, 0) is 6.54 Å². The molecule has 0 unspecified atom stereocenters. The lowest BCUT2D eigenvalue weighted by Crippen LogP contribution is -3.00. The Kier molecular flexibility index (Phi) is 2.62. The number of halogens is 1. The van der Waals surface area contributed by atoms with E-state index in [1.807, 2.05) is 0 Å². The Bertz CT molecular complexity index is 782. The molecule has 1 N–H and O–H groups in total. The van der Waals surface area contributed by atoms with Crippen molar-refractivity contribution in [1.82, 2.24) is 9.88 Å². The monoisotopic (exact) mass is 349 g/mol. The molecule has 2 heterocycles. The van der Waals surface area contributed by atoms with E-state index in [-0.39, 0.29) is 24.0 Å². The SMILES string of the molecule is CN1C=c2ccc3nc[nH+]c4ccc(c2c34)C1.[I-]. The highest BCUT2D eigenvalue weighted by molar-refractivity contribution is 6.07. The Labute approximate surface area is 122 Å². The van der Waals surface area contributed by atoms with Gasteiger partial charge >= 0.3 is 0 Å². The van der Waals surface area contributed by atoms with Crippen LogP contribution in [0.15, 0.2) is 30.6 Å². The molecule has 90 valence electrons. The summed E-state index contributed by atoms with van der Waals surface area (Å²) in [5, 5.41) is 3.89. The summed E-state index contributed by atoms with van der Waals surface area (Å²) in [6.45, 7) is 0.969. The van der Waals surface area contributed by atoms with E-state index in [0.29, 0.717) is 0 Å². The molecule has 0 saturated carbocycles. The van der Waals surface area contributed by atoms with Crippen molar-refractivity contribution in [1.29, 1.82) is 0 Å². The zero-order chi connectivity index (χ0) is 11.4. The molecule has 0 fully saturated rings. The Hall–Kier alpha value is -1.43. The summed E-state index contributed by atoms with van der Waals surface area (Å²) in [6, 6.07) is 8.61. The van der Waals surface area contributed by atoms with Crippen LogP contribution in [0.1, 0.15) is 5.56 Å². The molecule has 0 bridgehead atoms. The minimum Gasteiger partial charge on any atom is -1.00 e. The number of aromatic nitrogens is 2. The van der Waals surface area contributed by atoms with Crippen LogP contribution in [0.25, 0.3) is 28.0 Å². The van der Waals surface area contributed by atoms with Gasteiger partial charge in [-0.2, -0.15) is 0 Å². The van der Waals surface area contributed by atoms with Crippen LogP contribution in [0.5, 0.6) is 0 Å². The van der Waals surface area contributed by atoms with Gasteiger partial charge in [0.15, 0.2) is 5.52 Å². The molecule has 3 aromatic rings. The lowest BCUT2D eigenvalue weighted by atomic mass is 9.98. The van der Waals surface area contributed by atoms with Crippen molar-refractivity contribution in [2.75, 3.05) is 7.05 Å². The largest absolute Gasteiger partial charge is 1.00 e. The Morgan fingerprint density at radius 2 is 2.06 bits per heavy atom. The molecule has 2 aromatic carbocycles. The van der Waals surface area contributed by atoms with Gasteiger partial charge in [0.1, 0.15) is 5.52 Å². The molecule has 0 atom stereocenters. The standard InChI is InChI=1S/C14H11N3.HI/c1-17-6-9-2-4-11-14-12(16-8-15-11)5-3-10(7-17)13(9)14;/h2-6,8H,7H2,1H3;1H. The quantitative estimate of drug-likeness (QED) is 0.445. The summed E-state index contributed by atoms with van der Waals surface area (Å²) < 4.78 is 0. The molecule has 0 spiro atoms. The number of hydrogen-bond acceptors (Lipinski definition) is 2. The molecular weight excluding hydrogens is 337 g/mol. The van der Waals surface area contributed by atoms with Crippen molar-refractivity contribution in [2.24, 2.45) is 0 Å². The van der Waals surface area contributed by atoms with Gasteiger partial charge in [-0.05, 0) is 34.0 Å². The van der Waals surface area contributed by atoms with Crippen molar-refractivity contribution >= 4 is 28.0 Å². The first-order valence-electron chi connectivity index (χ1n) is 5.76. The van der Waals surface area contributed by atoms with Crippen molar-refractivity contribution in [3.63, 3.8) is 0 Å². The summed E-state index contributed by atoms with van der Waals surface area (Å²) >= 11 is 0. The van der Waals surface area contributed by atoms with Crippen LogP contribution in [0.2, 0.25) is 0 Å². The summed E-state index contributed by atoms with van der Waals surface area (Å²) in [5.41, 5.74) is 3.61. The minimum absolute atomic E-state index is 0. The molecule has 1 aromatic heterocycles. The van der Waals surface area contributed by atoms with Gasteiger partial charge in [-0.1, -0.05) is 6.07 Å². The number of hydrogen-bond donors (Lipinski definition) is 0. The van der Waals surface area contributed by atoms with E-state index < -0.39 is 0 Å². The van der Waals surface area contributed by atoms with Crippen LogP contribution < -0.4 is 34.2 Å². The van der Waals surface area contributed by atoms with Gasteiger partial charge in [0.2, 0.25) is 0 Å². The summed E-state index contributed by atoms with van der Waals surface area (Å²) in [6.07, 6.45) is 3.96. The van der Waals surface area contributed by atoms with Crippen molar-refractivity contribution < 1.29 is 29.0 Å². The number of nitrogens with zero attached hydrogens (tertiary/aromatic N) is 2. The molecule has 1 aliphatic rings. The van der Waals surface area contributed by atoms with Gasteiger partial charge in [-0.3, -0.25) is 0 Å². The average Bonchev–Trinajstić information content (AvgIpc) is 2.35. The second kappa shape index (κ2) is 4.05. The normalized spacial score (nSPS) is 13.5. The van der Waals surface area contributed by atoms with Crippen LogP contribution in [0.4, 0.5) is 0 Å². The number of nitrogens with one attached hydrogen (secondary N) is 1. The lowest BCUT2D eigenvalue weighted by molar-refractivity contribution is -0.349. The third kappa shape index (κ3) is 1.48. The highest BCUT2D eigenvalue weighted by atomic mass is 127. The summed E-state index contributed by atoms with van der Waals surface area (Å²) in [4.78, 5) is 9.85.